The van der Waals surface area contributed by atoms with E-state index in [2.05, 4.69) is 69.9 Å². The second-order valence-corrected chi connectivity index (χ2v) is 10.7. The Labute approximate surface area is 225 Å². The van der Waals surface area contributed by atoms with Crippen molar-refractivity contribution in [1.29, 1.82) is 0 Å². The summed E-state index contributed by atoms with van der Waals surface area (Å²) in [5.74, 6) is 0.574. The molecule has 200 valence electrons. The summed E-state index contributed by atoms with van der Waals surface area (Å²) in [7, 11) is 0. The number of carbonyl (C=O) groups excluding carboxylic acids is 1. The van der Waals surface area contributed by atoms with Crippen LogP contribution in [0.4, 0.5) is 15.9 Å². The SMILES string of the molecule is Cc1cc(C)c(C(=O)N2CCN(c3ccc(F)c(C)n3)CC2)cc1CN1CCN(c2ccccc2C)CC1. The van der Waals surface area contributed by atoms with Crippen LogP contribution in [0, 0.1) is 33.5 Å². The smallest absolute Gasteiger partial charge is 0.254 e. The van der Waals surface area contributed by atoms with Gasteiger partial charge in [0.1, 0.15) is 11.6 Å². The van der Waals surface area contributed by atoms with E-state index in [0.717, 1.165) is 49.7 Å². The van der Waals surface area contributed by atoms with Gasteiger partial charge in [0.05, 0.1) is 5.69 Å². The lowest BCUT2D eigenvalue weighted by Crippen LogP contribution is -2.49. The van der Waals surface area contributed by atoms with Crippen molar-refractivity contribution < 1.29 is 9.18 Å². The number of hydrogen-bond acceptors (Lipinski definition) is 5. The lowest BCUT2D eigenvalue weighted by atomic mass is 9.98. The summed E-state index contributed by atoms with van der Waals surface area (Å²) >= 11 is 0. The highest BCUT2D eigenvalue weighted by Gasteiger charge is 2.25. The Morgan fingerprint density at radius 1 is 0.789 bits per heavy atom. The quantitative estimate of drug-likeness (QED) is 0.491. The summed E-state index contributed by atoms with van der Waals surface area (Å²) in [6.45, 7) is 15.5. The average molecular weight is 516 g/mol. The van der Waals surface area contributed by atoms with Gasteiger partial charge in [-0.05, 0) is 74.2 Å². The first-order chi connectivity index (χ1) is 18.3. The van der Waals surface area contributed by atoms with Gasteiger partial charge in [-0.25, -0.2) is 9.37 Å². The van der Waals surface area contributed by atoms with Crippen molar-refractivity contribution in [2.45, 2.75) is 34.2 Å². The molecule has 6 nitrogen and oxygen atoms in total. The number of aryl methyl sites for hydroxylation is 4. The molecule has 1 aromatic heterocycles. The largest absolute Gasteiger partial charge is 0.369 e. The van der Waals surface area contributed by atoms with Crippen molar-refractivity contribution >= 4 is 17.4 Å². The van der Waals surface area contributed by atoms with E-state index in [-0.39, 0.29) is 11.7 Å². The van der Waals surface area contributed by atoms with E-state index in [1.807, 2.05) is 11.8 Å². The van der Waals surface area contributed by atoms with Gasteiger partial charge in [0.2, 0.25) is 0 Å². The number of pyridine rings is 1. The van der Waals surface area contributed by atoms with Gasteiger partial charge < -0.3 is 14.7 Å². The number of benzene rings is 2. The third-order valence-electron chi connectivity index (χ3n) is 8.03. The van der Waals surface area contributed by atoms with Crippen LogP contribution in [0.1, 0.15) is 38.3 Å². The normalized spacial score (nSPS) is 16.7. The Bertz CT molecular complexity index is 1310. The molecule has 5 rings (SSSR count). The average Bonchev–Trinajstić information content (AvgIpc) is 2.92. The first-order valence-corrected chi connectivity index (χ1v) is 13.6. The highest BCUT2D eigenvalue weighted by atomic mass is 19.1. The minimum Gasteiger partial charge on any atom is -0.369 e. The van der Waals surface area contributed by atoms with Crippen molar-refractivity contribution in [3.63, 3.8) is 0 Å². The van der Waals surface area contributed by atoms with Crippen LogP contribution in [0.25, 0.3) is 0 Å². The predicted molar refractivity (Wildman–Crippen MR) is 152 cm³/mol. The highest BCUT2D eigenvalue weighted by molar-refractivity contribution is 5.96. The van der Waals surface area contributed by atoms with Gasteiger partial charge >= 0.3 is 0 Å². The molecule has 0 N–H and O–H groups in total. The molecule has 0 atom stereocenters. The van der Waals surface area contributed by atoms with Crippen LogP contribution in [0.2, 0.25) is 0 Å². The molecule has 1 amide bonds. The van der Waals surface area contributed by atoms with Crippen molar-refractivity contribution in [3.8, 4) is 0 Å². The van der Waals surface area contributed by atoms with Gasteiger partial charge in [0.25, 0.3) is 5.91 Å². The Morgan fingerprint density at radius 3 is 2.16 bits per heavy atom. The molecule has 2 saturated heterocycles. The summed E-state index contributed by atoms with van der Waals surface area (Å²) in [5, 5.41) is 0. The molecular formula is C31H38FN5O. The van der Waals surface area contributed by atoms with Gasteiger partial charge in [-0.3, -0.25) is 9.69 Å². The number of anilines is 2. The molecule has 0 radical (unpaired) electrons. The third kappa shape index (κ3) is 5.53. The number of rotatable bonds is 5. The minimum atomic E-state index is -0.290. The molecular weight excluding hydrogens is 477 g/mol. The van der Waals surface area contributed by atoms with Crippen LogP contribution >= 0.6 is 0 Å². The number of carbonyl (C=O) groups is 1. The molecule has 3 heterocycles. The summed E-state index contributed by atoms with van der Waals surface area (Å²) in [6, 6.07) is 16.1. The molecule has 2 fully saturated rings. The molecule has 2 aromatic carbocycles. The number of nitrogens with zero attached hydrogens (tertiary/aromatic N) is 5. The van der Waals surface area contributed by atoms with E-state index in [0.29, 0.717) is 31.9 Å². The van der Waals surface area contributed by atoms with E-state index in [9.17, 15) is 9.18 Å². The Kier molecular flexibility index (Phi) is 7.65. The molecule has 2 aliphatic rings. The molecule has 0 bridgehead atoms. The van der Waals surface area contributed by atoms with Crippen LogP contribution in [-0.2, 0) is 6.54 Å². The Hall–Kier alpha value is -3.45. The number of amides is 1. The lowest BCUT2D eigenvalue weighted by Gasteiger charge is -2.37. The standard InChI is InChI=1S/C31H38FN5O/c1-22-7-5-6-8-29(22)35-13-11-34(12-14-35)21-26-20-27(24(3)19-23(26)2)31(38)37-17-15-36(16-18-37)30-10-9-28(32)25(4)33-30/h5-10,19-20H,11-18,21H2,1-4H3. The van der Waals surface area contributed by atoms with Crippen molar-refractivity contribution in [1.82, 2.24) is 14.8 Å². The number of halogens is 1. The highest BCUT2D eigenvalue weighted by Crippen LogP contribution is 2.24. The van der Waals surface area contributed by atoms with Crippen molar-refractivity contribution in [3.05, 3.63) is 87.9 Å². The number of piperazine rings is 2. The molecule has 7 heteroatoms. The van der Waals surface area contributed by atoms with Gasteiger partial charge in [-0.2, -0.15) is 0 Å². The molecule has 0 saturated carbocycles. The van der Waals surface area contributed by atoms with E-state index >= 15 is 0 Å². The van der Waals surface area contributed by atoms with Crippen LogP contribution in [-0.4, -0.2) is 73.0 Å². The van der Waals surface area contributed by atoms with E-state index < -0.39 is 0 Å². The van der Waals surface area contributed by atoms with Crippen LogP contribution in [0.3, 0.4) is 0 Å². The second kappa shape index (κ2) is 11.1. The van der Waals surface area contributed by atoms with E-state index in [4.69, 9.17) is 0 Å². The third-order valence-corrected chi connectivity index (χ3v) is 8.03. The van der Waals surface area contributed by atoms with Gasteiger partial charge in [-0.1, -0.05) is 24.3 Å². The predicted octanol–water partition coefficient (Wildman–Crippen LogP) is 4.74. The Morgan fingerprint density at radius 2 is 1.47 bits per heavy atom. The van der Waals surface area contributed by atoms with Crippen LogP contribution in [0.15, 0.2) is 48.5 Å². The maximum Gasteiger partial charge on any atom is 0.254 e. The molecule has 0 spiro atoms. The topological polar surface area (TPSA) is 42.9 Å². The van der Waals surface area contributed by atoms with Gasteiger partial charge in [0, 0.05) is 70.2 Å². The van der Waals surface area contributed by atoms with E-state index in [1.54, 1.807) is 13.0 Å². The molecule has 3 aromatic rings. The number of para-hydroxylation sites is 1. The molecule has 0 aliphatic carbocycles. The summed E-state index contributed by atoms with van der Waals surface area (Å²) in [6.07, 6.45) is 0. The lowest BCUT2D eigenvalue weighted by molar-refractivity contribution is 0.0745. The zero-order valence-corrected chi connectivity index (χ0v) is 23.0. The van der Waals surface area contributed by atoms with Gasteiger partial charge in [0.15, 0.2) is 0 Å². The Balaban J connectivity index is 1.22. The zero-order valence-electron chi connectivity index (χ0n) is 23.0. The number of aromatic nitrogens is 1. The van der Waals surface area contributed by atoms with Crippen molar-refractivity contribution in [2.24, 2.45) is 0 Å². The summed E-state index contributed by atoms with van der Waals surface area (Å²) < 4.78 is 13.6. The summed E-state index contributed by atoms with van der Waals surface area (Å²) in [4.78, 5) is 27.0. The molecule has 2 aliphatic heterocycles. The second-order valence-electron chi connectivity index (χ2n) is 10.7. The molecule has 38 heavy (non-hydrogen) atoms. The first kappa shape index (κ1) is 26.2. The van der Waals surface area contributed by atoms with Crippen LogP contribution in [0.5, 0.6) is 0 Å². The minimum absolute atomic E-state index is 0.0935. The fourth-order valence-electron chi connectivity index (χ4n) is 5.62. The number of hydrogen-bond donors (Lipinski definition) is 0. The fourth-order valence-corrected chi connectivity index (χ4v) is 5.62. The maximum atomic E-state index is 13.6. The molecule has 0 unspecified atom stereocenters. The van der Waals surface area contributed by atoms with Crippen molar-refractivity contribution in [2.75, 3.05) is 62.2 Å². The fraction of sp³-hybridized carbons (Fsp3) is 0.419. The van der Waals surface area contributed by atoms with Gasteiger partial charge in [-0.15, -0.1) is 0 Å². The summed E-state index contributed by atoms with van der Waals surface area (Å²) in [5.41, 5.74) is 7.35. The maximum absolute atomic E-state index is 13.6. The zero-order chi connectivity index (χ0) is 26.8. The van der Waals surface area contributed by atoms with Crippen LogP contribution < -0.4 is 9.80 Å². The monoisotopic (exact) mass is 515 g/mol. The van der Waals surface area contributed by atoms with E-state index in [1.165, 1.54) is 28.4 Å². The first-order valence-electron chi connectivity index (χ1n) is 13.6.